The van der Waals surface area contributed by atoms with Gasteiger partial charge in [0.2, 0.25) is 10.0 Å². The molecular weight excluding hydrogens is 430 g/mol. The normalized spacial score (nSPS) is 18.3. The third-order valence-corrected chi connectivity index (χ3v) is 6.40. The molecule has 144 valence electrons. The minimum Gasteiger partial charge on any atom is -0.348 e. The van der Waals surface area contributed by atoms with E-state index in [1.165, 1.54) is 10.6 Å². The summed E-state index contributed by atoms with van der Waals surface area (Å²) < 4.78 is 25.9. The van der Waals surface area contributed by atoms with Crippen molar-refractivity contribution in [3.05, 3.63) is 52.1 Å². The van der Waals surface area contributed by atoms with Crippen molar-refractivity contribution >= 4 is 31.9 Å². The van der Waals surface area contributed by atoms with E-state index >= 15 is 0 Å². The summed E-state index contributed by atoms with van der Waals surface area (Å²) in [5.41, 5.74) is 2.91. The van der Waals surface area contributed by atoms with Crippen molar-refractivity contribution in [2.45, 2.75) is 25.8 Å². The SMILES string of the molecule is Cc1nc(-c2cccc(Br)c2)ccc1C(=O)NC1CCCN(S(C)(=O)=O)C1. The quantitative estimate of drug-likeness (QED) is 0.774. The van der Waals surface area contributed by atoms with Crippen LogP contribution in [0.25, 0.3) is 11.3 Å². The molecule has 1 aromatic carbocycles. The molecule has 0 bridgehead atoms. The lowest BCUT2D eigenvalue weighted by molar-refractivity contribution is 0.0920. The van der Waals surface area contributed by atoms with Crippen LogP contribution in [0.5, 0.6) is 0 Å². The molecule has 1 aromatic heterocycles. The largest absolute Gasteiger partial charge is 0.348 e. The van der Waals surface area contributed by atoms with Crippen LogP contribution < -0.4 is 5.32 Å². The predicted octanol–water partition coefficient (Wildman–Crippen LogP) is 2.97. The Hall–Kier alpha value is -1.77. The van der Waals surface area contributed by atoms with E-state index in [0.717, 1.165) is 28.6 Å². The number of aryl methyl sites for hydroxylation is 1. The van der Waals surface area contributed by atoms with E-state index in [2.05, 4.69) is 26.2 Å². The average Bonchev–Trinajstić information content (AvgIpc) is 2.61. The predicted molar refractivity (Wildman–Crippen MR) is 109 cm³/mol. The number of nitrogens with zero attached hydrogens (tertiary/aromatic N) is 2. The van der Waals surface area contributed by atoms with Crippen LogP contribution in [-0.2, 0) is 10.0 Å². The Labute approximate surface area is 168 Å². The molecule has 1 aliphatic rings. The molecule has 27 heavy (non-hydrogen) atoms. The van der Waals surface area contributed by atoms with E-state index in [1.54, 1.807) is 13.0 Å². The van der Waals surface area contributed by atoms with E-state index < -0.39 is 10.0 Å². The average molecular weight is 452 g/mol. The van der Waals surface area contributed by atoms with Crippen LogP contribution in [0, 0.1) is 6.92 Å². The number of benzene rings is 1. The summed E-state index contributed by atoms with van der Waals surface area (Å²) in [5, 5.41) is 2.95. The second-order valence-electron chi connectivity index (χ2n) is 6.77. The van der Waals surface area contributed by atoms with Gasteiger partial charge in [0, 0.05) is 29.2 Å². The highest BCUT2D eigenvalue weighted by atomic mass is 79.9. The molecule has 2 heterocycles. The Balaban J connectivity index is 1.73. The number of nitrogens with one attached hydrogen (secondary N) is 1. The van der Waals surface area contributed by atoms with Crippen molar-refractivity contribution in [2.24, 2.45) is 0 Å². The summed E-state index contributed by atoms with van der Waals surface area (Å²) in [6.45, 7) is 2.63. The number of piperidine rings is 1. The lowest BCUT2D eigenvalue weighted by Gasteiger charge is -2.31. The second kappa shape index (κ2) is 8.08. The topological polar surface area (TPSA) is 79.4 Å². The molecule has 0 saturated carbocycles. The summed E-state index contributed by atoms with van der Waals surface area (Å²) in [6.07, 6.45) is 2.70. The summed E-state index contributed by atoms with van der Waals surface area (Å²) >= 11 is 3.45. The maximum absolute atomic E-state index is 12.7. The highest BCUT2D eigenvalue weighted by Crippen LogP contribution is 2.23. The molecule has 3 rings (SSSR count). The van der Waals surface area contributed by atoms with Crippen molar-refractivity contribution in [2.75, 3.05) is 19.3 Å². The summed E-state index contributed by atoms with van der Waals surface area (Å²) in [5.74, 6) is -0.221. The van der Waals surface area contributed by atoms with Gasteiger partial charge in [0.15, 0.2) is 0 Å². The first-order valence-corrected chi connectivity index (χ1v) is 11.4. The zero-order valence-electron chi connectivity index (χ0n) is 15.3. The number of halogens is 1. The molecule has 0 radical (unpaired) electrons. The van der Waals surface area contributed by atoms with Gasteiger partial charge < -0.3 is 5.32 Å². The maximum Gasteiger partial charge on any atom is 0.253 e. The van der Waals surface area contributed by atoms with Crippen LogP contribution in [-0.4, -0.2) is 49.0 Å². The van der Waals surface area contributed by atoms with Crippen molar-refractivity contribution < 1.29 is 13.2 Å². The number of carbonyl (C=O) groups excluding carboxylic acids is 1. The first kappa shape index (κ1) is 20.0. The van der Waals surface area contributed by atoms with Gasteiger partial charge in [0.25, 0.3) is 5.91 Å². The minimum atomic E-state index is -3.24. The maximum atomic E-state index is 12.7. The molecule has 8 heteroatoms. The van der Waals surface area contributed by atoms with Gasteiger partial charge in [-0.05, 0) is 44.0 Å². The van der Waals surface area contributed by atoms with Gasteiger partial charge in [0.05, 0.1) is 23.2 Å². The summed E-state index contributed by atoms with van der Waals surface area (Å²) in [7, 11) is -3.24. The van der Waals surface area contributed by atoms with E-state index in [4.69, 9.17) is 0 Å². The number of rotatable bonds is 4. The summed E-state index contributed by atoms with van der Waals surface area (Å²) in [6, 6.07) is 11.2. The number of hydrogen-bond acceptors (Lipinski definition) is 4. The number of amides is 1. The molecule has 1 atom stereocenters. The molecular formula is C19H22BrN3O3S. The number of sulfonamides is 1. The van der Waals surface area contributed by atoms with E-state index in [9.17, 15) is 13.2 Å². The van der Waals surface area contributed by atoms with Crippen molar-refractivity contribution in [3.63, 3.8) is 0 Å². The molecule has 1 N–H and O–H groups in total. The molecule has 1 saturated heterocycles. The molecule has 2 aromatic rings. The second-order valence-corrected chi connectivity index (χ2v) is 9.67. The van der Waals surface area contributed by atoms with E-state index in [0.29, 0.717) is 24.3 Å². The smallest absolute Gasteiger partial charge is 0.253 e. The van der Waals surface area contributed by atoms with Gasteiger partial charge in [-0.1, -0.05) is 28.1 Å². The van der Waals surface area contributed by atoms with Crippen LogP contribution >= 0.6 is 15.9 Å². The van der Waals surface area contributed by atoms with Crippen molar-refractivity contribution in [1.29, 1.82) is 0 Å². The van der Waals surface area contributed by atoms with Gasteiger partial charge in [-0.2, -0.15) is 0 Å². The third kappa shape index (κ3) is 4.94. The highest BCUT2D eigenvalue weighted by molar-refractivity contribution is 9.10. The Morgan fingerprint density at radius 1 is 1.30 bits per heavy atom. The van der Waals surface area contributed by atoms with Crippen molar-refractivity contribution in [1.82, 2.24) is 14.6 Å². The zero-order chi connectivity index (χ0) is 19.6. The van der Waals surface area contributed by atoms with Gasteiger partial charge in [-0.3, -0.25) is 9.78 Å². The first-order valence-electron chi connectivity index (χ1n) is 8.73. The molecule has 0 spiro atoms. The first-order chi connectivity index (χ1) is 12.7. The minimum absolute atomic E-state index is 0.190. The Bertz CT molecular complexity index is 962. The Morgan fingerprint density at radius 2 is 2.07 bits per heavy atom. The van der Waals surface area contributed by atoms with Crippen LogP contribution in [0.15, 0.2) is 40.9 Å². The molecule has 1 amide bonds. The Morgan fingerprint density at radius 3 is 2.74 bits per heavy atom. The fraction of sp³-hybridized carbons (Fsp3) is 0.368. The fourth-order valence-corrected chi connectivity index (χ4v) is 4.54. The molecule has 0 aliphatic carbocycles. The lowest BCUT2D eigenvalue weighted by atomic mass is 10.1. The number of pyridine rings is 1. The highest BCUT2D eigenvalue weighted by Gasteiger charge is 2.27. The lowest BCUT2D eigenvalue weighted by Crippen LogP contribution is -2.49. The number of hydrogen-bond donors (Lipinski definition) is 1. The molecule has 6 nitrogen and oxygen atoms in total. The number of carbonyl (C=O) groups is 1. The van der Waals surface area contributed by atoms with Gasteiger partial charge in [-0.15, -0.1) is 0 Å². The zero-order valence-corrected chi connectivity index (χ0v) is 17.7. The monoisotopic (exact) mass is 451 g/mol. The van der Waals surface area contributed by atoms with E-state index in [-0.39, 0.29) is 11.9 Å². The van der Waals surface area contributed by atoms with Crippen LogP contribution in [0.1, 0.15) is 28.9 Å². The molecule has 1 aliphatic heterocycles. The standard InChI is InChI=1S/C19H22BrN3O3S/c1-13-17(8-9-18(21-13)14-5-3-6-15(20)11-14)19(24)22-16-7-4-10-23(12-16)27(2,25)26/h3,5-6,8-9,11,16H,4,7,10,12H2,1-2H3,(H,22,24). The van der Waals surface area contributed by atoms with Crippen LogP contribution in [0.2, 0.25) is 0 Å². The summed E-state index contributed by atoms with van der Waals surface area (Å²) in [4.78, 5) is 17.2. The van der Waals surface area contributed by atoms with Gasteiger partial charge in [-0.25, -0.2) is 12.7 Å². The van der Waals surface area contributed by atoms with E-state index in [1.807, 2.05) is 30.3 Å². The van der Waals surface area contributed by atoms with Crippen LogP contribution in [0.3, 0.4) is 0 Å². The number of aromatic nitrogens is 1. The van der Waals surface area contributed by atoms with Gasteiger partial charge in [0.1, 0.15) is 0 Å². The molecule has 1 fully saturated rings. The van der Waals surface area contributed by atoms with Gasteiger partial charge >= 0.3 is 0 Å². The fourth-order valence-electron chi connectivity index (χ4n) is 3.23. The third-order valence-electron chi connectivity index (χ3n) is 4.64. The Kier molecular flexibility index (Phi) is 5.98. The van der Waals surface area contributed by atoms with Crippen molar-refractivity contribution in [3.8, 4) is 11.3 Å². The van der Waals surface area contributed by atoms with Crippen LogP contribution in [0.4, 0.5) is 0 Å². The molecule has 1 unspecified atom stereocenters.